The van der Waals surface area contributed by atoms with Crippen LogP contribution in [0.2, 0.25) is 0 Å². The minimum absolute atomic E-state index is 0.416. The Hall–Kier alpha value is -0.490. The minimum Gasteiger partial charge on any atom is -0.378 e. The number of nitrogens with two attached hydrogens (primary N) is 1. The van der Waals surface area contributed by atoms with Gasteiger partial charge in [0.25, 0.3) is 0 Å². The molecule has 1 aromatic rings. The molecule has 80 valence electrons. The Morgan fingerprint density at radius 3 is 2.79 bits per heavy atom. The Morgan fingerprint density at radius 2 is 2.29 bits per heavy atom. The van der Waals surface area contributed by atoms with Gasteiger partial charge in [-0.1, -0.05) is 0 Å². The molecule has 0 radical (unpaired) electrons. The summed E-state index contributed by atoms with van der Waals surface area (Å²) in [7, 11) is 3.29. The van der Waals surface area contributed by atoms with Gasteiger partial charge >= 0.3 is 0 Å². The molecule has 0 bridgehead atoms. The number of hydrogen-bond donors (Lipinski definition) is 1. The average Bonchev–Trinajstić information content (AvgIpc) is 2.66. The van der Waals surface area contributed by atoms with E-state index in [0.29, 0.717) is 13.2 Å². The van der Waals surface area contributed by atoms with E-state index in [4.69, 9.17) is 15.2 Å². The predicted molar refractivity (Wildman–Crippen MR) is 56.2 cm³/mol. The second-order valence-electron chi connectivity index (χ2n) is 3.20. The van der Waals surface area contributed by atoms with Crippen LogP contribution in [0.15, 0.2) is 5.38 Å². The second kappa shape index (κ2) is 4.84. The normalized spacial score (nSPS) is 15.4. The molecule has 1 atom stereocenters. The fourth-order valence-electron chi connectivity index (χ4n) is 1.04. The Bertz CT molecular complexity index is 284. The molecule has 1 heterocycles. The lowest BCUT2D eigenvalue weighted by Gasteiger charge is -2.23. The predicted octanol–water partition coefficient (Wildman–Crippen LogP) is 1.11. The molecule has 0 saturated carbocycles. The van der Waals surface area contributed by atoms with Gasteiger partial charge in [-0.25, -0.2) is 4.98 Å². The molecule has 1 aromatic heterocycles. The third kappa shape index (κ3) is 2.30. The maximum atomic E-state index is 5.64. The first-order valence-corrected chi connectivity index (χ1v) is 5.23. The Kier molecular flexibility index (Phi) is 4.00. The zero-order valence-corrected chi connectivity index (χ0v) is 9.56. The first-order chi connectivity index (χ1) is 6.66. The Morgan fingerprint density at radius 1 is 1.57 bits per heavy atom. The fourth-order valence-corrected chi connectivity index (χ4v) is 1.92. The third-order valence-electron chi connectivity index (χ3n) is 2.20. The fraction of sp³-hybridized carbons (Fsp3) is 0.667. The topological polar surface area (TPSA) is 57.4 Å². The average molecular weight is 216 g/mol. The van der Waals surface area contributed by atoms with Crippen LogP contribution in [0.4, 0.5) is 0 Å². The summed E-state index contributed by atoms with van der Waals surface area (Å²) >= 11 is 1.56. The van der Waals surface area contributed by atoms with E-state index in [-0.39, 0.29) is 0 Å². The van der Waals surface area contributed by atoms with Crippen molar-refractivity contribution in [3.63, 3.8) is 0 Å². The summed E-state index contributed by atoms with van der Waals surface area (Å²) in [6.07, 6.45) is 0. The molecule has 0 aliphatic rings. The summed E-state index contributed by atoms with van der Waals surface area (Å²) in [6.45, 7) is 2.88. The van der Waals surface area contributed by atoms with E-state index in [9.17, 15) is 0 Å². The van der Waals surface area contributed by atoms with Crippen molar-refractivity contribution >= 4 is 11.3 Å². The van der Waals surface area contributed by atoms with Crippen LogP contribution in [0.25, 0.3) is 0 Å². The summed E-state index contributed by atoms with van der Waals surface area (Å²) in [4.78, 5) is 4.40. The van der Waals surface area contributed by atoms with Crippen LogP contribution in [0.1, 0.15) is 17.6 Å². The lowest BCUT2D eigenvalue weighted by molar-refractivity contribution is 0.00663. The number of ether oxygens (including phenoxy) is 2. The smallest absolute Gasteiger partial charge is 0.120 e. The van der Waals surface area contributed by atoms with E-state index in [1.54, 1.807) is 25.6 Å². The van der Waals surface area contributed by atoms with Crippen molar-refractivity contribution in [1.82, 2.24) is 4.98 Å². The molecule has 14 heavy (non-hydrogen) atoms. The van der Waals surface area contributed by atoms with Crippen LogP contribution >= 0.6 is 11.3 Å². The van der Waals surface area contributed by atoms with E-state index < -0.39 is 5.60 Å². The second-order valence-corrected chi connectivity index (χ2v) is 4.14. The highest BCUT2D eigenvalue weighted by Gasteiger charge is 2.27. The molecule has 5 heteroatoms. The number of methoxy groups -OCH3 is 2. The first-order valence-electron chi connectivity index (χ1n) is 4.35. The van der Waals surface area contributed by atoms with Crippen LogP contribution in [-0.2, 0) is 21.7 Å². The number of hydrogen-bond acceptors (Lipinski definition) is 5. The van der Waals surface area contributed by atoms with E-state index >= 15 is 0 Å². The van der Waals surface area contributed by atoms with Crippen LogP contribution in [0.3, 0.4) is 0 Å². The summed E-state index contributed by atoms with van der Waals surface area (Å²) in [6, 6.07) is 0. The molecule has 1 rings (SSSR count). The SMILES string of the molecule is COCc1nc(C(C)(CN)OC)cs1. The maximum Gasteiger partial charge on any atom is 0.120 e. The van der Waals surface area contributed by atoms with E-state index in [1.165, 1.54) is 0 Å². The van der Waals surface area contributed by atoms with Crippen molar-refractivity contribution < 1.29 is 9.47 Å². The van der Waals surface area contributed by atoms with Crippen molar-refractivity contribution in [3.8, 4) is 0 Å². The maximum absolute atomic E-state index is 5.64. The zero-order chi connectivity index (χ0) is 10.6. The quantitative estimate of drug-likeness (QED) is 0.801. The van der Waals surface area contributed by atoms with Gasteiger partial charge < -0.3 is 15.2 Å². The van der Waals surface area contributed by atoms with Crippen molar-refractivity contribution in [3.05, 3.63) is 16.1 Å². The van der Waals surface area contributed by atoms with Crippen LogP contribution in [-0.4, -0.2) is 25.7 Å². The van der Waals surface area contributed by atoms with Gasteiger partial charge in [-0.05, 0) is 6.92 Å². The monoisotopic (exact) mass is 216 g/mol. The third-order valence-corrected chi connectivity index (χ3v) is 3.02. The standard InChI is InChI=1S/C9H16N2O2S/c1-9(6-10,13-3)7-5-14-8(11-7)4-12-2/h5H,4,6,10H2,1-3H3. The highest BCUT2D eigenvalue weighted by molar-refractivity contribution is 7.09. The van der Waals surface area contributed by atoms with Gasteiger partial charge in [-0.2, -0.15) is 0 Å². The van der Waals surface area contributed by atoms with Gasteiger partial charge in [0.2, 0.25) is 0 Å². The number of nitrogens with zero attached hydrogens (tertiary/aromatic N) is 1. The lowest BCUT2D eigenvalue weighted by Crippen LogP contribution is -2.34. The van der Waals surface area contributed by atoms with Crippen LogP contribution < -0.4 is 5.73 Å². The van der Waals surface area contributed by atoms with Crippen molar-refractivity contribution in [2.75, 3.05) is 20.8 Å². The molecule has 0 saturated heterocycles. The van der Waals surface area contributed by atoms with E-state index in [2.05, 4.69) is 4.98 Å². The van der Waals surface area contributed by atoms with Crippen LogP contribution in [0, 0.1) is 0 Å². The molecular formula is C9H16N2O2S. The minimum atomic E-state index is -0.484. The summed E-state index contributed by atoms with van der Waals surface area (Å²) in [5.74, 6) is 0. The van der Waals surface area contributed by atoms with Crippen LogP contribution in [0.5, 0.6) is 0 Å². The largest absolute Gasteiger partial charge is 0.378 e. The van der Waals surface area contributed by atoms with Gasteiger partial charge in [-0.3, -0.25) is 0 Å². The van der Waals surface area contributed by atoms with Crippen molar-refractivity contribution in [2.24, 2.45) is 5.73 Å². The molecule has 0 aromatic carbocycles. The van der Waals surface area contributed by atoms with Gasteiger partial charge in [0.15, 0.2) is 0 Å². The molecule has 1 unspecified atom stereocenters. The highest BCUT2D eigenvalue weighted by Crippen LogP contribution is 2.25. The summed E-state index contributed by atoms with van der Waals surface area (Å²) < 4.78 is 10.3. The molecule has 0 aliphatic carbocycles. The van der Waals surface area contributed by atoms with E-state index in [0.717, 1.165) is 10.7 Å². The molecule has 0 fully saturated rings. The molecule has 0 amide bonds. The van der Waals surface area contributed by atoms with Gasteiger partial charge in [0.1, 0.15) is 10.6 Å². The van der Waals surface area contributed by atoms with Crippen molar-refractivity contribution in [1.29, 1.82) is 0 Å². The van der Waals surface area contributed by atoms with E-state index in [1.807, 2.05) is 12.3 Å². The molecule has 0 aliphatic heterocycles. The summed E-state index contributed by atoms with van der Waals surface area (Å²) in [5, 5.41) is 2.91. The Labute approximate surface area is 88.0 Å². The first kappa shape index (κ1) is 11.6. The number of rotatable bonds is 5. The van der Waals surface area contributed by atoms with Gasteiger partial charge in [0.05, 0.1) is 12.3 Å². The molecular weight excluding hydrogens is 200 g/mol. The number of aromatic nitrogens is 1. The van der Waals surface area contributed by atoms with Gasteiger partial charge in [0, 0.05) is 26.1 Å². The molecule has 0 spiro atoms. The van der Waals surface area contributed by atoms with Gasteiger partial charge in [-0.15, -0.1) is 11.3 Å². The zero-order valence-electron chi connectivity index (χ0n) is 8.74. The molecule has 4 nitrogen and oxygen atoms in total. The lowest BCUT2D eigenvalue weighted by atomic mass is 10.0. The van der Waals surface area contributed by atoms with Crippen molar-refractivity contribution in [2.45, 2.75) is 19.1 Å². The number of thiazole rings is 1. The highest BCUT2D eigenvalue weighted by atomic mass is 32.1. The molecule has 2 N–H and O–H groups in total. The summed E-state index contributed by atoms with van der Waals surface area (Å²) in [5.41, 5.74) is 6.03. The Balaban J connectivity index is 2.84.